The molecule has 1 aromatic carbocycles. The number of fused-ring (bicyclic) bond motifs is 1. The SMILES string of the molecule is COCc1csc(NC(=O)N2CC(c3ccccc3)C3COCCC32)n1. The van der Waals surface area contributed by atoms with Gasteiger partial charge in [0.2, 0.25) is 0 Å². The van der Waals surface area contributed by atoms with Crippen molar-refractivity contribution in [2.24, 2.45) is 5.92 Å². The van der Waals surface area contributed by atoms with Crippen LogP contribution in [0, 0.1) is 5.92 Å². The molecule has 7 heteroatoms. The molecule has 4 rings (SSSR count). The van der Waals surface area contributed by atoms with Gasteiger partial charge in [0.15, 0.2) is 5.13 Å². The van der Waals surface area contributed by atoms with E-state index in [0.29, 0.717) is 43.3 Å². The average molecular weight is 373 g/mol. The van der Waals surface area contributed by atoms with Crippen molar-refractivity contribution < 1.29 is 14.3 Å². The Morgan fingerprint density at radius 1 is 1.42 bits per heavy atom. The number of urea groups is 1. The molecule has 0 saturated carbocycles. The van der Waals surface area contributed by atoms with Crippen molar-refractivity contribution in [3.05, 3.63) is 47.0 Å². The first-order chi connectivity index (χ1) is 12.8. The highest BCUT2D eigenvalue weighted by molar-refractivity contribution is 7.13. The van der Waals surface area contributed by atoms with Crippen LogP contribution in [-0.2, 0) is 16.1 Å². The minimum absolute atomic E-state index is 0.0707. The monoisotopic (exact) mass is 373 g/mol. The summed E-state index contributed by atoms with van der Waals surface area (Å²) in [5.74, 6) is 0.657. The number of hydrogen-bond donors (Lipinski definition) is 1. The summed E-state index contributed by atoms with van der Waals surface area (Å²) in [6.07, 6.45) is 0.883. The lowest BCUT2D eigenvalue weighted by atomic mass is 9.84. The number of aromatic nitrogens is 1. The molecule has 0 aliphatic carbocycles. The molecule has 1 aromatic heterocycles. The van der Waals surface area contributed by atoms with E-state index in [1.54, 1.807) is 7.11 Å². The molecule has 2 fully saturated rings. The number of likely N-dealkylation sites (tertiary alicyclic amines) is 1. The van der Waals surface area contributed by atoms with Gasteiger partial charge in [0.05, 0.1) is 18.9 Å². The van der Waals surface area contributed by atoms with E-state index in [-0.39, 0.29) is 12.1 Å². The van der Waals surface area contributed by atoms with E-state index in [1.807, 2.05) is 16.3 Å². The van der Waals surface area contributed by atoms with Gasteiger partial charge in [-0.05, 0) is 12.0 Å². The molecular weight excluding hydrogens is 350 g/mol. The lowest BCUT2D eigenvalue weighted by molar-refractivity contribution is 0.0272. The Balaban J connectivity index is 1.50. The van der Waals surface area contributed by atoms with Gasteiger partial charge in [-0.1, -0.05) is 30.3 Å². The van der Waals surface area contributed by atoms with Crippen LogP contribution in [0.25, 0.3) is 0 Å². The van der Waals surface area contributed by atoms with Crippen LogP contribution in [0.5, 0.6) is 0 Å². The van der Waals surface area contributed by atoms with Crippen molar-refractivity contribution in [1.29, 1.82) is 0 Å². The van der Waals surface area contributed by atoms with Crippen molar-refractivity contribution >= 4 is 22.5 Å². The number of hydrogen-bond acceptors (Lipinski definition) is 5. The number of benzene rings is 1. The van der Waals surface area contributed by atoms with Crippen molar-refractivity contribution in [2.75, 3.05) is 32.2 Å². The van der Waals surface area contributed by atoms with Crippen LogP contribution >= 0.6 is 11.3 Å². The summed E-state index contributed by atoms with van der Waals surface area (Å²) in [6, 6.07) is 10.6. The molecule has 3 heterocycles. The van der Waals surface area contributed by atoms with Gasteiger partial charge in [-0.2, -0.15) is 0 Å². The molecular formula is C19H23N3O3S. The molecule has 0 spiro atoms. The molecule has 26 heavy (non-hydrogen) atoms. The second kappa shape index (κ2) is 7.73. The zero-order valence-corrected chi connectivity index (χ0v) is 15.6. The molecule has 1 N–H and O–H groups in total. The van der Waals surface area contributed by atoms with Gasteiger partial charge in [-0.3, -0.25) is 5.32 Å². The Morgan fingerprint density at radius 2 is 2.27 bits per heavy atom. The van der Waals surface area contributed by atoms with Crippen molar-refractivity contribution in [3.63, 3.8) is 0 Å². The van der Waals surface area contributed by atoms with Gasteiger partial charge >= 0.3 is 6.03 Å². The quantitative estimate of drug-likeness (QED) is 0.893. The first kappa shape index (κ1) is 17.5. The average Bonchev–Trinajstić information content (AvgIpc) is 3.27. The molecule has 2 aromatic rings. The van der Waals surface area contributed by atoms with Crippen LogP contribution < -0.4 is 5.32 Å². The van der Waals surface area contributed by atoms with Gasteiger partial charge in [0, 0.05) is 43.5 Å². The number of rotatable bonds is 4. The first-order valence-corrected chi connectivity index (χ1v) is 9.78. The molecule has 0 radical (unpaired) electrons. The van der Waals surface area contributed by atoms with Gasteiger partial charge in [-0.25, -0.2) is 9.78 Å². The number of nitrogens with one attached hydrogen (secondary N) is 1. The largest absolute Gasteiger partial charge is 0.381 e. The second-order valence-electron chi connectivity index (χ2n) is 6.77. The fourth-order valence-corrected chi connectivity index (χ4v) is 4.72. The lowest BCUT2D eigenvalue weighted by Gasteiger charge is -2.32. The Hall–Kier alpha value is -1.96. The van der Waals surface area contributed by atoms with Gasteiger partial charge in [0.25, 0.3) is 0 Å². The van der Waals surface area contributed by atoms with Crippen LogP contribution in [0.4, 0.5) is 9.93 Å². The first-order valence-electron chi connectivity index (χ1n) is 8.90. The van der Waals surface area contributed by atoms with E-state index in [2.05, 4.69) is 34.6 Å². The number of carbonyl (C=O) groups is 1. The highest BCUT2D eigenvalue weighted by Gasteiger charge is 2.46. The number of carbonyl (C=O) groups excluding carboxylic acids is 1. The standard InChI is InChI=1S/C19H23N3O3S/c1-24-10-14-12-26-18(20-14)21-19(23)22-9-15(13-5-3-2-4-6-13)16-11-25-8-7-17(16)22/h2-6,12,15-17H,7-11H2,1H3,(H,20,21,23). The number of methoxy groups -OCH3 is 1. The maximum absolute atomic E-state index is 12.9. The van der Waals surface area contributed by atoms with Crippen LogP contribution in [0.1, 0.15) is 23.6 Å². The summed E-state index contributed by atoms with van der Waals surface area (Å²) in [7, 11) is 1.64. The van der Waals surface area contributed by atoms with E-state index in [0.717, 1.165) is 12.1 Å². The summed E-state index contributed by atoms with van der Waals surface area (Å²) >= 11 is 1.43. The fraction of sp³-hybridized carbons (Fsp3) is 0.474. The van der Waals surface area contributed by atoms with Crippen LogP contribution in [-0.4, -0.2) is 48.8 Å². The Morgan fingerprint density at radius 3 is 3.08 bits per heavy atom. The maximum atomic E-state index is 12.9. The topological polar surface area (TPSA) is 63.7 Å². The summed E-state index contributed by atoms with van der Waals surface area (Å²) in [6.45, 7) is 2.59. The normalized spacial score (nSPS) is 25.1. The Labute approximate surface area is 157 Å². The summed E-state index contributed by atoms with van der Waals surface area (Å²) in [5.41, 5.74) is 2.11. The lowest BCUT2D eigenvalue weighted by Crippen LogP contribution is -2.43. The van der Waals surface area contributed by atoms with E-state index in [4.69, 9.17) is 9.47 Å². The summed E-state index contributed by atoms with van der Waals surface area (Å²) < 4.78 is 10.8. The number of thiazole rings is 1. The third kappa shape index (κ3) is 3.47. The van der Waals surface area contributed by atoms with Crippen LogP contribution in [0.15, 0.2) is 35.7 Å². The third-order valence-corrected chi connectivity index (χ3v) is 6.03. The van der Waals surface area contributed by atoms with Gasteiger partial charge < -0.3 is 14.4 Å². The molecule has 2 saturated heterocycles. The van der Waals surface area contributed by atoms with Gasteiger partial charge in [0.1, 0.15) is 0 Å². The van der Waals surface area contributed by atoms with Crippen LogP contribution in [0.3, 0.4) is 0 Å². The third-order valence-electron chi connectivity index (χ3n) is 5.22. The van der Waals surface area contributed by atoms with Crippen LogP contribution in [0.2, 0.25) is 0 Å². The number of ether oxygens (including phenoxy) is 2. The Kier molecular flexibility index (Phi) is 5.19. The zero-order chi connectivity index (χ0) is 17.9. The summed E-state index contributed by atoms with van der Waals surface area (Å²) in [4.78, 5) is 19.3. The molecule has 3 atom stereocenters. The van der Waals surface area contributed by atoms with Crippen molar-refractivity contribution in [3.8, 4) is 0 Å². The smallest absolute Gasteiger partial charge is 0.323 e. The number of anilines is 1. The highest BCUT2D eigenvalue weighted by atomic mass is 32.1. The molecule has 3 unspecified atom stereocenters. The minimum Gasteiger partial charge on any atom is -0.381 e. The highest BCUT2D eigenvalue weighted by Crippen LogP contribution is 2.41. The maximum Gasteiger partial charge on any atom is 0.323 e. The number of nitrogens with zero attached hydrogens (tertiary/aromatic N) is 2. The van der Waals surface area contributed by atoms with E-state index < -0.39 is 0 Å². The zero-order valence-electron chi connectivity index (χ0n) is 14.8. The fourth-order valence-electron chi connectivity index (χ4n) is 4.03. The molecule has 2 aliphatic rings. The van der Waals surface area contributed by atoms with E-state index in [1.165, 1.54) is 16.9 Å². The Bertz CT molecular complexity index is 751. The minimum atomic E-state index is -0.0707. The molecule has 2 aliphatic heterocycles. The van der Waals surface area contributed by atoms with Crippen molar-refractivity contribution in [2.45, 2.75) is 25.0 Å². The molecule has 138 valence electrons. The molecule has 0 bridgehead atoms. The summed E-state index contributed by atoms with van der Waals surface area (Å²) in [5, 5.41) is 5.49. The number of amides is 2. The van der Waals surface area contributed by atoms with Gasteiger partial charge in [-0.15, -0.1) is 11.3 Å². The molecule has 2 amide bonds. The van der Waals surface area contributed by atoms with E-state index in [9.17, 15) is 4.79 Å². The predicted molar refractivity (Wildman–Crippen MR) is 100 cm³/mol. The van der Waals surface area contributed by atoms with E-state index >= 15 is 0 Å². The van der Waals surface area contributed by atoms with Crippen molar-refractivity contribution in [1.82, 2.24) is 9.88 Å². The predicted octanol–water partition coefficient (Wildman–Crippen LogP) is 3.33. The molecule has 6 nitrogen and oxygen atoms in total. The second-order valence-corrected chi connectivity index (χ2v) is 7.63.